The van der Waals surface area contributed by atoms with Gasteiger partial charge in [0.1, 0.15) is 0 Å². The number of aryl methyl sites for hydroxylation is 1. The number of hydrogen-bond donors (Lipinski definition) is 3. The van der Waals surface area contributed by atoms with E-state index < -0.39 is 52.8 Å². The zero-order chi connectivity index (χ0) is 36.0. The van der Waals surface area contributed by atoms with Crippen LogP contribution in [0.4, 0.5) is 5.69 Å². The van der Waals surface area contributed by atoms with E-state index in [9.17, 15) is 24.3 Å². The molecule has 0 aromatic heterocycles. The number of amides is 4. The van der Waals surface area contributed by atoms with E-state index in [-0.39, 0.29) is 42.7 Å². The Kier molecular flexibility index (Phi) is 8.91. The highest BCUT2D eigenvalue weighted by atomic mass is 16.5. The first-order chi connectivity index (χ1) is 24.6. The quantitative estimate of drug-likeness (QED) is 0.137. The number of hydrazine groups is 1. The zero-order valence-corrected chi connectivity index (χ0v) is 28.6. The number of rotatable bonds is 11. The molecule has 2 heterocycles. The standard InChI is InChI=1S/C40H41N3O8/c1-23-12-15-26(16-13-23)41-43-37(48)30-22-29-27(17-18-28-34(29)38(49)42(36(28)47)20-8-4-7-11-33(45)46)35(24-14-19-31(44)32(21-24)51-2)40(30,39(43)50)25-9-5-3-6-10-25/h3,5-6,9-10,12-17,19,21,28-30,34-35,41,44H,4,7-8,11,18,20,22H2,1-2H3,(H,45,46)/t28-,29+,30-,34-,35-,40+/m0/s1. The molecule has 11 heteroatoms. The van der Waals surface area contributed by atoms with Gasteiger partial charge in [-0.1, -0.05) is 72.2 Å². The fraction of sp³-hybridized carbons (Fsp3) is 0.375. The van der Waals surface area contributed by atoms with E-state index >= 15 is 4.79 Å². The number of nitrogens with zero attached hydrogens (tertiary/aromatic N) is 2. The fourth-order valence-electron chi connectivity index (χ4n) is 9.00. The maximum Gasteiger partial charge on any atom is 0.303 e. The number of hydrogen-bond acceptors (Lipinski definition) is 8. The van der Waals surface area contributed by atoms with Gasteiger partial charge in [-0.3, -0.25) is 34.3 Å². The second-order valence-corrected chi connectivity index (χ2v) is 14.1. The Morgan fingerprint density at radius 3 is 2.37 bits per heavy atom. The van der Waals surface area contributed by atoms with Gasteiger partial charge in [0.25, 0.3) is 11.8 Å². The van der Waals surface area contributed by atoms with Gasteiger partial charge in [0.15, 0.2) is 11.5 Å². The highest BCUT2D eigenvalue weighted by molar-refractivity contribution is 6.13. The Morgan fingerprint density at radius 1 is 0.922 bits per heavy atom. The lowest BCUT2D eigenvalue weighted by Crippen LogP contribution is -2.53. The summed E-state index contributed by atoms with van der Waals surface area (Å²) >= 11 is 0. The molecule has 7 rings (SSSR count). The van der Waals surface area contributed by atoms with Crippen molar-refractivity contribution in [3.05, 3.63) is 101 Å². The molecular weight excluding hydrogens is 650 g/mol. The van der Waals surface area contributed by atoms with Crippen LogP contribution in [0.2, 0.25) is 0 Å². The molecule has 264 valence electrons. The monoisotopic (exact) mass is 691 g/mol. The van der Waals surface area contributed by atoms with Gasteiger partial charge in [0.05, 0.1) is 36.0 Å². The van der Waals surface area contributed by atoms with Gasteiger partial charge in [-0.05, 0) is 73.9 Å². The third kappa shape index (κ3) is 5.55. The number of carbonyl (C=O) groups is 5. The largest absolute Gasteiger partial charge is 0.504 e. The molecule has 2 aliphatic heterocycles. The number of phenolic OH excluding ortho intramolecular Hbond substituents is 1. The van der Waals surface area contributed by atoms with Crippen molar-refractivity contribution in [3.8, 4) is 11.5 Å². The normalized spacial score (nSPS) is 26.8. The molecule has 3 fully saturated rings. The minimum Gasteiger partial charge on any atom is -0.504 e. The molecule has 2 aliphatic carbocycles. The van der Waals surface area contributed by atoms with E-state index in [1.165, 1.54) is 18.1 Å². The molecule has 1 saturated carbocycles. The average Bonchev–Trinajstić information content (AvgIpc) is 3.50. The van der Waals surface area contributed by atoms with Crippen LogP contribution in [0.1, 0.15) is 61.1 Å². The number of ether oxygens (including phenoxy) is 1. The van der Waals surface area contributed by atoms with Gasteiger partial charge in [0.2, 0.25) is 11.8 Å². The zero-order valence-electron chi connectivity index (χ0n) is 28.6. The first-order valence-electron chi connectivity index (χ1n) is 17.5. The topological polar surface area (TPSA) is 154 Å². The molecule has 3 aromatic rings. The Labute approximate surface area is 295 Å². The summed E-state index contributed by atoms with van der Waals surface area (Å²) in [6.07, 6.45) is 4.01. The maximum absolute atomic E-state index is 15.2. The SMILES string of the molecule is COc1cc([C@H]2C3=CC[C@@H]4C(=O)N(CCCCCC(=O)O)C(=O)[C@@H]4[C@@H]3C[C@H]3C(=O)N(Nc4ccc(C)cc4)C(=O)[C@@]23c2ccccc2)ccc1O. The number of carboxylic acid groups (broad SMARTS) is 1. The second-order valence-electron chi connectivity index (χ2n) is 14.1. The summed E-state index contributed by atoms with van der Waals surface area (Å²) in [6.45, 7) is 2.15. The number of phenols is 1. The van der Waals surface area contributed by atoms with Crippen molar-refractivity contribution in [2.45, 2.75) is 56.8 Å². The minimum atomic E-state index is -1.43. The van der Waals surface area contributed by atoms with Crippen LogP contribution >= 0.6 is 0 Å². The summed E-state index contributed by atoms with van der Waals surface area (Å²) in [5.41, 5.74) is 5.36. The summed E-state index contributed by atoms with van der Waals surface area (Å²) in [6, 6.07) is 21.6. The van der Waals surface area contributed by atoms with E-state index in [1.807, 2.05) is 55.5 Å². The number of anilines is 1. The number of unbranched alkanes of at least 4 members (excludes halogenated alkanes) is 2. The highest BCUT2D eigenvalue weighted by Crippen LogP contribution is 2.64. The molecule has 0 spiro atoms. The summed E-state index contributed by atoms with van der Waals surface area (Å²) in [4.78, 5) is 70.2. The van der Waals surface area contributed by atoms with Gasteiger partial charge in [-0.2, -0.15) is 5.01 Å². The van der Waals surface area contributed by atoms with Gasteiger partial charge in [0, 0.05) is 18.9 Å². The van der Waals surface area contributed by atoms with E-state index in [0.29, 0.717) is 42.5 Å². The summed E-state index contributed by atoms with van der Waals surface area (Å²) in [5.74, 6) is -5.63. The molecule has 4 aliphatic rings. The molecular formula is C40H41N3O8. The fourth-order valence-corrected chi connectivity index (χ4v) is 9.00. The van der Waals surface area contributed by atoms with Crippen molar-refractivity contribution in [2.75, 3.05) is 19.1 Å². The number of nitrogens with one attached hydrogen (secondary N) is 1. The predicted octanol–water partition coefficient (Wildman–Crippen LogP) is 5.34. The molecule has 3 aromatic carbocycles. The average molecular weight is 692 g/mol. The number of aromatic hydroxyl groups is 1. The smallest absolute Gasteiger partial charge is 0.303 e. The summed E-state index contributed by atoms with van der Waals surface area (Å²) in [7, 11) is 1.44. The number of carbonyl (C=O) groups excluding carboxylic acids is 4. The van der Waals surface area contributed by atoms with Gasteiger partial charge >= 0.3 is 5.97 Å². The second kappa shape index (κ2) is 13.4. The van der Waals surface area contributed by atoms with Crippen molar-refractivity contribution in [1.29, 1.82) is 0 Å². The summed E-state index contributed by atoms with van der Waals surface area (Å²) < 4.78 is 5.52. The van der Waals surface area contributed by atoms with Crippen LogP contribution in [0.5, 0.6) is 11.5 Å². The van der Waals surface area contributed by atoms with Gasteiger partial charge < -0.3 is 14.9 Å². The molecule has 4 amide bonds. The number of imide groups is 2. The van der Waals surface area contributed by atoms with E-state index in [2.05, 4.69) is 5.43 Å². The van der Waals surface area contributed by atoms with Gasteiger partial charge in [-0.15, -0.1) is 0 Å². The van der Waals surface area contributed by atoms with Crippen LogP contribution < -0.4 is 10.2 Å². The van der Waals surface area contributed by atoms with Crippen LogP contribution in [0.3, 0.4) is 0 Å². The van der Waals surface area contributed by atoms with Crippen LogP contribution in [-0.2, 0) is 29.4 Å². The molecule has 3 N–H and O–H groups in total. The number of allylic oxidation sites excluding steroid dienone is 2. The van der Waals surface area contributed by atoms with Crippen LogP contribution in [0.15, 0.2) is 84.4 Å². The van der Waals surface area contributed by atoms with Crippen LogP contribution in [-0.4, -0.2) is 63.4 Å². The lowest BCUT2D eigenvalue weighted by molar-refractivity contribution is -0.141. The Bertz CT molecular complexity index is 1930. The Hall–Kier alpha value is -5.45. The molecule has 11 nitrogen and oxygen atoms in total. The lowest BCUT2D eigenvalue weighted by atomic mass is 9.49. The van der Waals surface area contributed by atoms with E-state index in [1.54, 1.807) is 24.3 Å². The molecule has 0 unspecified atom stereocenters. The lowest BCUT2D eigenvalue weighted by Gasteiger charge is -2.50. The molecule has 6 atom stereocenters. The number of benzene rings is 3. The molecule has 51 heavy (non-hydrogen) atoms. The third-order valence-electron chi connectivity index (χ3n) is 11.3. The van der Waals surface area contributed by atoms with E-state index in [0.717, 1.165) is 16.1 Å². The predicted molar refractivity (Wildman–Crippen MR) is 186 cm³/mol. The molecule has 0 radical (unpaired) electrons. The Morgan fingerprint density at radius 2 is 1.67 bits per heavy atom. The highest BCUT2D eigenvalue weighted by Gasteiger charge is 2.70. The number of likely N-dealkylation sites (tertiary alicyclic amines) is 1. The van der Waals surface area contributed by atoms with Crippen molar-refractivity contribution < 1.29 is 38.9 Å². The van der Waals surface area contributed by atoms with Crippen molar-refractivity contribution in [3.63, 3.8) is 0 Å². The number of aliphatic carboxylic acids is 1. The molecule has 2 saturated heterocycles. The van der Waals surface area contributed by atoms with Crippen LogP contribution in [0.25, 0.3) is 0 Å². The third-order valence-corrected chi connectivity index (χ3v) is 11.3. The van der Waals surface area contributed by atoms with Crippen molar-refractivity contribution >= 4 is 35.3 Å². The molecule has 0 bridgehead atoms. The Balaban J connectivity index is 1.34. The van der Waals surface area contributed by atoms with E-state index in [4.69, 9.17) is 9.84 Å². The van der Waals surface area contributed by atoms with Gasteiger partial charge in [-0.25, -0.2) is 0 Å². The van der Waals surface area contributed by atoms with Crippen molar-refractivity contribution in [2.24, 2.45) is 23.7 Å². The van der Waals surface area contributed by atoms with Crippen molar-refractivity contribution in [1.82, 2.24) is 9.91 Å². The first kappa shape index (κ1) is 34.0. The number of fused-ring (bicyclic) bond motifs is 4. The summed E-state index contributed by atoms with van der Waals surface area (Å²) in [5, 5.41) is 20.7. The maximum atomic E-state index is 15.2. The number of carboxylic acids is 1. The van der Waals surface area contributed by atoms with Crippen LogP contribution in [0, 0.1) is 30.6 Å². The first-order valence-corrected chi connectivity index (χ1v) is 17.5. The minimum absolute atomic E-state index is 0.0268. The number of methoxy groups -OCH3 is 1.